The second kappa shape index (κ2) is 9.33. The summed E-state index contributed by atoms with van der Waals surface area (Å²) in [5.41, 5.74) is 4.41. The van der Waals surface area contributed by atoms with Gasteiger partial charge in [-0.15, -0.1) is 0 Å². The molecule has 0 heterocycles. The highest BCUT2D eigenvalue weighted by atomic mass is 127. The largest absolute Gasteiger partial charge is 0.493 e. The third kappa shape index (κ3) is 5.30. The fourth-order valence-corrected chi connectivity index (χ4v) is 3.75. The monoisotopic (exact) mass is 493 g/mol. The SMILES string of the molecule is COc1cc(CNc2cccc(C)c2)cc(I)c1OCc1ccccc1Cl. The number of methoxy groups -OCH3 is 1. The lowest BCUT2D eigenvalue weighted by atomic mass is 10.1. The molecule has 1 N–H and O–H groups in total. The van der Waals surface area contributed by atoms with E-state index in [0.29, 0.717) is 18.2 Å². The van der Waals surface area contributed by atoms with Gasteiger partial charge in [0.25, 0.3) is 0 Å². The Morgan fingerprint density at radius 3 is 2.59 bits per heavy atom. The summed E-state index contributed by atoms with van der Waals surface area (Å²) in [5, 5.41) is 4.15. The van der Waals surface area contributed by atoms with Gasteiger partial charge in [0.05, 0.1) is 10.7 Å². The number of halogens is 2. The highest BCUT2D eigenvalue weighted by Gasteiger charge is 2.13. The second-order valence-corrected chi connectivity index (χ2v) is 7.78. The van der Waals surface area contributed by atoms with Gasteiger partial charge in [-0.1, -0.05) is 41.9 Å². The maximum absolute atomic E-state index is 6.22. The molecule has 3 nitrogen and oxygen atoms in total. The minimum Gasteiger partial charge on any atom is -0.493 e. The van der Waals surface area contributed by atoms with Crippen LogP contribution in [-0.2, 0) is 13.2 Å². The molecule has 0 aliphatic heterocycles. The van der Waals surface area contributed by atoms with E-state index in [1.807, 2.05) is 36.4 Å². The summed E-state index contributed by atoms with van der Waals surface area (Å²) in [5.74, 6) is 1.45. The van der Waals surface area contributed by atoms with Crippen LogP contribution >= 0.6 is 34.2 Å². The van der Waals surface area contributed by atoms with E-state index in [1.54, 1.807) is 7.11 Å². The Kier molecular flexibility index (Phi) is 6.85. The van der Waals surface area contributed by atoms with E-state index < -0.39 is 0 Å². The summed E-state index contributed by atoms with van der Waals surface area (Å²) in [4.78, 5) is 0. The van der Waals surface area contributed by atoms with Crippen LogP contribution in [0.1, 0.15) is 16.7 Å². The molecule has 0 amide bonds. The summed E-state index contributed by atoms with van der Waals surface area (Å²) in [6.45, 7) is 3.19. The molecule has 0 radical (unpaired) electrons. The molecule has 0 aromatic heterocycles. The van der Waals surface area contributed by atoms with Crippen molar-refractivity contribution in [3.05, 3.63) is 85.9 Å². The predicted octanol–water partition coefficient (Wildman–Crippen LogP) is 6.45. The van der Waals surface area contributed by atoms with Gasteiger partial charge >= 0.3 is 0 Å². The molecule has 3 aromatic rings. The maximum atomic E-state index is 6.22. The zero-order valence-corrected chi connectivity index (χ0v) is 18.2. The van der Waals surface area contributed by atoms with E-state index in [9.17, 15) is 0 Å². The predicted molar refractivity (Wildman–Crippen MR) is 120 cm³/mol. The molecule has 0 fully saturated rings. The maximum Gasteiger partial charge on any atom is 0.174 e. The van der Waals surface area contributed by atoms with Gasteiger partial charge in [0.15, 0.2) is 11.5 Å². The zero-order valence-electron chi connectivity index (χ0n) is 15.3. The van der Waals surface area contributed by atoms with Gasteiger partial charge in [0.2, 0.25) is 0 Å². The van der Waals surface area contributed by atoms with Crippen LogP contribution in [0.4, 0.5) is 5.69 Å². The van der Waals surface area contributed by atoms with Gasteiger partial charge in [-0.25, -0.2) is 0 Å². The Bertz CT molecular complexity index is 930. The first-order valence-electron chi connectivity index (χ1n) is 8.60. The highest BCUT2D eigenvalue weighted by Crippen LogP contribution is 2.35. The van der Waals surface area contributed by atoms with Gasteiger partial charge < -0.3 is 14.8 Å². The van der Waals surface area contributed by atoms with E-state index in [2.05, 4.69) is 59.1 Å². The van der Waals surface area contributed by atoms with Crippen molar-refractivity contribution in [3.8, 4) is 11.5 Å². The molecule has 0 saturated heterocycles. The first-order chi connectivity index (χ1) is 13.1. The van der Waals surface area contributed by atoms with Crippen LogP contribution in [0, 0.1) is 10.5 Å². The molecule has 3 aromatic carbocycles. The lowest BCUT2D eigenvalue weighted by Crippen LogP contribution is -2.04. The Hall–Kier alpha value is -1.92. The third-order valence-electron chi connectivity index (χ3n) is 4.13. The number of rotatable bonds is 7. The molecule has 0 aliphatic rings. The second-order valence-electron chi connectivity index (χ2n) is 6.21. The summed E-state index contributed by atoms with van der Waals surface area (Å²) >= 11 is 8.50. The number of aryl methyl sites for hydroxylation is 1. The van der Waals surface area contributed by atoms with Crippen LogP contribution in [0.3, 0.4) is 0 Å². The van der Waals surface area contributed by atoms with Crippen LogP contribution in [0.15, 0.2) is 60.7 Å². The molecule has 0 unspecified atom stereocenters. The van der Waals surface area contributed by atoms with Crippen molar-refractivity contribution in [2.24, 2.45) is 0 Å². The summed E-state index contributed by atoms with van der Waals surface area (Å²) < 4.78 is 12.6. The van der Waals surface area contributed by atoms with Crippen LogP contribution in [-0.4, -0.2) is 7.11 Å². The minimum atomic E-state index is 0.396. The Balaban J connectivity index is 1.73. The van der Waals surface area contributed by atoms with Crippen molar-refractivity contribution >= 4 is 39.9 Å². The van der Waals surface area contributed by atoms with Crippen LogP contribution in [0.5, 0.6) is 11.5 Å². The smallest absolute Gasteiger partial charge is 0.174 e. The van der Waals surface area contributed by atoms with E-state index >= 15 is 0 Å². The molecule has 27 heavy (non-hydrogen) atoms. The van der Waals surface area contributed by atoms with Gasteiger partial charge in [0, 0.05) is 22.8 Å². The van der Waals surface area contributed by atoms with Gasteiger partial charge in [0.1, 0.15) is 6.61 Å². The molecular formula is C22H21ClINO2. The number of ether oxygens (including phenoxy) is 2. The van der Waals surface area contributed by atoms with Crippen LogP contribution in [0.2, 0.25) is 5.02 Å². The van der Waals surface area contributed by atoms with Crippen molar-refractivity contribution in [1.29, 1.82) is 0 Å². The summed E-state index contributed by atoms with van der Waals surface area (Å²) in [6, 6.07) is 20.1. The van der Waals surface area contributed by atoms with E-state index in [0.717, 1.165) is 31.9 Å². The van der Waals surface area contributed by atoms with Gasteiger partial charge in [-0.05, 0) is 71.0 Å². The van der Waals surface area contributed by atoms with Crippen molar-refractivity contribution in [2.75, 3.05) is 12.4 Å². The van der Waals surface area contributed by atoms with Crippen LogP contribution < -0.4 is 14.8 Å². The number of nitrogens with one attached hydrogen (secondary N) is 1. The number of anilines is 1. The quantitative estimate of drug-likeness (QED) is 0.384. The molecule has 0 atom stereocenters. The molecular weight excluding hydrogens is 473 g/mol. The molecule has 0 bridgehead atoms. The Morgan fingerprint density at radius 1 is 1.04 bits per heavy atom. The number of benzene rings is 3. The molecule has 0 aliphatic carbocycles. The number of hydrogen-bond acceptors (Lipinski definition) is 3. The van der Waals surface area contributed by atoms with Crippen molar-refractivity contribution in [2.45, 2.75) is 20.1 Å². The van der Waals surface area contributed by atoms with E-state index in [1.165, 1.54) is 5.56 Å². The molecule has 0 saturated carbocycles. The lowest BCUT2D eigenvalue weighted by molar-refractivity contribution is 0.282. The Morgan fingerprint density at radius 2 is 1.85 bits per heavy atom. The lowest BCUT2D eigenvalue weighted by Gasteiger charge is -2.15. The van der Waals surface area contributed by atoms with Crippen LogP contribution in [0.25, 0.3) is 0 Å². The van der Waals surface area contributed by atoms with Crippen molar-refractivity contribution in [3.63, 3.8) is 0 Å². The summed E-state index contributed by atoms with van der Waals surface area (Å²) in [7, 11) is 1.66. The fraction of sp³-hybridized carbons (Fsp3) is 0.182. The average Bonchev–Trinajstić information content (AvgIpc) is 2.66. The third-order valence-corrected chi connectivity index (χ3v) is 5.30. The number of hydrogen-bond donors (Lipinski definition) is 1. The normalized spacial score (nSPS) is 10.5. The van der Waals surface area contributed by atoms with E-state index in [4.69, 9.17) is 21.1 Å². The van der Waals surface area contributed by atoms with Crippen molar-refractivity contribution < 1.29 is 9.47 Å². The Labute approximate surface area is 178 Å². The molecule has 3 rings (SSSR count). The zero-order chi connectivity index (χ0) is 19.2. The standard InChI is InChI=1S/C22H21ClINO2/c1-15-6-5-8-18(10-15)25-13-16-11-20(24)22(21(12-16)26-2)27-14-17-7-3-4-9-19(17)23/h3-12,25H,13-14H2,1-2H3. The molecule has 0 spiro atoms. The van der Waals surface area contributed by atoms with E-state index in [-0.39, 0.29) is 0 Å². The summed E-state index contributed by atoms with van der Waals surface area (Å²) in [6.07, 6.45) is 0. The van der Waals surface area contributed by atoms with Gasteiger partial charge in [-0.3, -0.25) is 0 Å². The highest BCUT2D eigenvalue weighted by molar-refractivity contribution is 14.1. The molecule has 5 heteroatoms. The minimum absolute atomic E-state index is 0.396. The van der Waals surface area contributed by atoms with Crippen molar-refractivity contribution in [1.82, 2.24) is 0 Å². The van der Waals surface area contributed by atoms with Gasteiger partial charge in [-0.2, -0.15) is 0 Å². The first kappa shape index (κ1) is 19.8. The average molecular weight is 494 g/mol. The molecule has 140 valence electrons. The fourth-order valence-electron chi connectivity index (χ4n) is 2.74. The topological polar surface area (TPSA) is 30.5 Å². The first-order valence-corrected chi connectivity index (χ1v) is 10.1.